The summed E-state index contributed by atoms with van der Waals surface area (Å²) in [6.45, 7) is 4.24. The minimum atomic E-state index is -1.44. The van der Waals surface area contributed by atoms with Crippen LogP contribution in [0.4, 0.5) is 0 Å². The van der Waals surface area contributed by atoms with Gasteiger partial charge in [-0.3, -0.25) is 9.59 Å². The zero-order valence-corrected chi connectivity index (χ0v) is 19.6. The molecule has 1 heterocycles. The van der Waals surface area contributed by atoms with Crippen LogP contribution in [0.3, 0.4) is 0 Å². The number of nitrogens with zero attached hydrogens (tertiary/aromatic N) is 2. The summed E-state index contributed by atoms with van der Waals surface area (Å²) >= 11 is 1.26. The van der Waals surface area contributed by atoms with Crippen LogP contribution in [0.1, 0.15) is 58.8 Å². The van der Waals surface area contributed by atoms with Gasteiger partial charge in [0, 0.05) is 24.2 Å². The van der Waals surface area contributed by atoms with Crippen LogP contribution in [-0.4, -0.2) is 49.2 Å². The Labute approximate surface area is 193 Å². The molecule has 0 amide bonds. The molecule has 172 valence electrons. The fourth-order valence-electron chi connectivity index (χ4n) is 7.76. The Morgan fingerprint density at radius 3 is 2.69 bits per heavy atom. The zero-order valence-electron chi connectivity index (χ0n) is 18.8. The van der Waals surface area contributed by atoms with Gasteiger partial charge in [0.2, 0.25) is 0 Å². The van der Waals surface area contributed by atoms with E-state index in [0.717, 1.165) is 25.7 Å². The maximum atomic E-state index is 13.3. The second-order valence-corrected chi connectivity index (χ2v) is 11.7. The van der Waals surface area contributed by atoms with Crippen LogP contribution in [0.2, 0.25) is 0 Å². The standard InChI is InChI=1S/C25H32N2O4S/c1-23-8-6-16(28)12-15(23)4-5-17-18-7-9-25(31,24(18,2)13-19(29)21(17)23)20(30)14-32-22-26-10-3-11-27-22/h3,10-12,17-19,21,29,31H,4-9,13-14H2,1-2H3/t17?,18?,19?,21?,23?,24?,25-/m0/s1. The topological polar surface area (TPSA) is 100 Å². The lowest BCUT2D eigenvalue weighted by Crippen LogP contribution is -2.61. The molecule has 6 nitrogen and oxygen atoms in total. The van der Waals surface area contributed by atoms with E-state index >= 15 is 0 Å². The predicted molar refractivity (Wildman–Crippen MR) is 121 cm³/mol. The Bertz CT molecular complexity index is 968. The Kier molecular flexibility index (Phi) is 5.38. The molecule has 2 N–H and O–H groups in total. The number of carbonyl (C=O) groups is 2. The number of fused-ring (bicyclic) bond motifs is 5. The molecule has 3 fully saturated rings. The van der Waals surface area contributed by atoms with Gasteiger partial charge in [0.25, 0.3) is 0 Å². The quantitative estimate of drug-likeness (QED) is 0.529. The van der Waals surface area contributed by atoms with Crippen molar-refractivity contribution in [3.05, 3.63) is 30.1 Å². The van der Waals surface area contributed by atoms with E-state index in [1.807, 2.05) is 13.0 Å². The first kappa shape index (κ1) is 22.2. The molecule has 0 radical (unpaired) electrons. The average molecular weight is 457 g/mol. The second-order valence-electron chi connectivity index (χ2n) is 10.7. The second kappa shape index (κ2) is 7.74. The van der Waals surface area contributed by atoms with Gasteiger partial charge >= 0.3 is 0 Å². The van der Waals surface area contributed by atoms with E-state index in [1.165, 1.54) is 17.3 Å². The number of aliphatic hydroxyl groups is 2. The third kappa shape index (κ3) is 3.15. The number of rotatable bonds is 4. The van der Waals surface area contributed by atoms with E-state index in [2.05, 4.69) is 16.9 Å². The maximum Gasteiger partial charge on any atom is 0.187 e. The van der Waals surface area contributed by atoms with Gasteiger partial charge in [-0.25, -0.2) is 9.97 Å². The lowest BCUT2D eigenvalue weighted by Gasteiger charge is -2.60. The maximum absolute atomic E-state index is 13.3. The molecule has 0 aliphatic heterocycles. The summed E-state index contributed by atoms with van der Waals surface area (Å²) in [5.74, 6) is 0.672. The number of allylic oxidation sites excluding steroid dienone is 1. The van der Waals surface area contributed by atoms with E-state index in [-0.39, 0.29) is 40.5 Å². The molecule has 7 atom stereocenters. The highest BCUT2D eigenvalue weighted by Gasteiger charge is 2.68. The van der Waals surface area contributed by atoms with Crippen LogP contribution in [0.25, 0.3) is 0 Å². The van der Waals surface area contributed by atoms with E-state index < -0.39 is 17.1 Å². The van der Waals surface area contributed by atoms with Crippen molar-refractivity contribution in [1.82, 2.24) is 9.97 Å². The number of aromatic nitrogens is 2. The van der Waals surface area contributed by atoms with Gasteiger partial charge in [-0.05, 0) is 73.8 Å². The molecule has 5 rings (SSSR count). The fourth-order valence-corrected chi connectivity index (χ4v) is 8.53. The molecule has 32 heavy (non-hydrogen) atoms. The lowest BCUT2D eigenvalue weighted by atomic mass is 9.45. The van der Waals surface area contributed by atoms with E-state index in [1.54, 1.807) is 18.5 Å². The molecule has 1 aromatic rings. The SMILES string of the molecule is CC12CCC(=O)C=C1CCC1C2C(O)CC2(C)C1CC[C@]2(O)C(=O)CSc1ncccn1. The molecule has 0 saturated heterocycles. The number of ketones is 2. The van der Waals surface area contributed by atoms with Gasteiger partial charge in [-0.15, -0.1) is 0 Å². The average Bonchev–Trinajstić information content (AvgIpc) is 3.04. The van der Waals surface area contributed by atoms with Gasteiger partial charge in [0.1, 0.15) is 5.60 Å². The van der Waals surface area contributed by atoms with Crippen LogP contribution in [0, 0.1) is 28.6 Å². The molecule has 0 aromatic carbocycles. The van der Waals surface area contributed by atoms with Gasteiger partial charge in [0.05, 0.1) is 11.9 Å². The van der Waals surface area contributed by atoms with Gasteiger partial charge in [0.15, 0.2) is 16.7 Å². The number of hydrogen-bond acceptors (Lipinski definition) is 7. The van der Waals surface area contributed by atoms with Crippen molar-refractivity contribution in [1.29, 1.82) is 0 Å². The van der Waals surface area contributed by atoms with Crippen LogP contribution in [0.15, 0.2) is 35.3 Å². The first-order valence-electron chi connectivity index (χ1n) is 11.8. The molecule has 7 heteroatoms. The monoisotopic (exact) mass is 456 g/mol. The molecular weight excluding hydrogens is 424 g/mol. The van der Waals surface area contributed by atoms with Gasteiger partial charge < -0.3 is 10.2 Å². The lowest BCUT2D eigenvalue weighted by molar-refractivity contribution is -0.178. The Morgan fingerprint density at radius 2 is 1.94 bits per heavy atom. The highest BCUT2D eigenvalue weighted by Crippen LogP contribution is 2.67. The minimum absolute atomic E-state index is 0.0817. The largest absolute Gasteiger partial charge is 0.393 e. The van der Waals surface area contributed by atoms with Crippen LogP contribution < -0.4 is 0 Å². The van der Waals surface area contributed by atoms with Crippen molar-refractivity contribution in [2.45, 2.75) is 75.7 Å². The highest BCUT2D eigenvalue weighted by molar-refractivity contribution is 7.99. The van der Waals surface area contributed by atoms with E-state index in [9.17, 15) is 19.8 Å². The van der Waals surface area contributed by atoms with Gasteiger partial charge in [-0.2, -0.15) is 0 Å². The molecular formula is C25H32N2O4S. The summed E-state index contributed by atoms with van der Waals surface area (Å²) in [7, 11) is 0. The first-order valence-corrected chi connectivity index (χ1v) is 12.7. The summed E-state index contributed by atoms with van der Waals surface area (Å²) in [4.78, 5) is 33.7. The van der Waals surface area contributed by atoms with Crippen molar-refractivity contribution >= 4 is 23.3 Å². The molecule has 1 aromatic heterocycles. The predicted octanol–water partition coefficient (Wildman–Crippen LogP) is 3.37. The zero-order chi connectivity index (χ0) is 22.7. The van der Waals surface area contributed by atoms with Crippen molar-refractivity contribution in [2.24, 2.45) is 28.6 Å². The summed E-state index contributed by atoms with van der Waals surface area (Å²) < 4.78 is 0. The molecule has 3 saturated carbocycles. The number of Topliss-reactive ketones (excluding diaryl/α,β-unsaturated/α-hetero) is 1. The normalized spacial score (nSPS) is 43.1. The molecule has 0 spiro atoms. The minimum Gasteiger partial charge on any atom is -0.393 e. The molecule has 4 aliphatic rings. The van der Waals surface area contributed by atoms with E-state index in [0.29, 0.717) is 24.4 Å². The van der Waals surface area contributed by atoms with Gasteiger partial charge in [-0.1, -0.05) is 31.2 Å². The number of carbonyl (C=O) groups excluding carboxylic acids is 2. The Balaban J connectivity index is 1.40. The molecule has 6 unspecified atom stereocenters. The Hall–Kier alpha value is -1.57. The number of hydrogen-bond donors (Lipinski definition) is 2. The number of aliphatic hydroxyl groups excluding tert-OH is 1. The van der Waals surface area contributed by atoms with E-state index in [4.69, 9.17) is 0 Å². The molecule has 0 bridgehead atoms. The first-order chi connectivity index (χ1) is 15.2. The van der Waals surface area contributed by atoms with Crippen molar-refractivity contribution in [2.75, 3.05) is 5.75 Å². The Morgan fingerprint density at radius 1 is 1.19 bits per heavy atom. The fraction of sp³-hybridized carbons (Fsp3) is 0.680. The smallest absolute Gasteiger partial charge is 0.187 e. The molecule has 4 aliphatic carbocycles. The van der Waals surface area contributed by atoms with Crippen molar-refractivity contribution in [3.8, 4) is 0 Å². The third-order valence-electron chi connectivity index (χ3n) is 9.38. The van der Waals surface area contributed by atoms with Crippen LogP contribution in [0.5, 0.6) is 0 Å². The summed E-state index contributed by atoms with van der Waals surface area (Å²) in [5.41, 5.74) is -1.06. The van der Waals surface area contributed by atoms with Crippen molar-refractivity contribution < 1.29 is 19.8 Å². The van der Waals surface area contributed by atoms with Crippen LogP contribution in [-0.2, 0) is 9.59 Å². The number of thioether (sulfide) groups is 1. The highest BCUT2D eigenvalue weighted by atomic mass is 32.2. The third-order valence-corrected chi connectivity index (χ3v) is 10.3. The van der Waals surface area contributed by atoms with Crippen molar-refractivity contribution in [3.63, 3.8) is 0 Å². The van der Waals surface area contributed by atoms with Crippen LogP contribution >= 0.6 is 11.8 Å². The summed E-state index contributed by atoms with van der Waals surface area (Å²) in [6.07, 6.45) is 9.30. The summed E-state index contributed by atoms with van der Waals surface area (Å²) in [5, 5.41) is 23.7. The summed E-state index contributed by atoms with van der Waals surface area (Å²) in [6, 6.07) is 1.73.